The molecule has 1 aliphatic rings. The molecule has 0 saturated heterocycles. The van der Waals surface area contributed by atoms with Crippen LogP contribution in [0.3, 0.4) is 0 Å². The Morgan fingerprint density at radius 1 is 1.18 bits per heavy atom. The lowest BCUT2D eigenvalue weighted by atomic mass is 9.92. The van der Waals surface area contributed by atoms with Gasteiger partial charge >= 0.3 is 6.09 Å². The number of nitrogens with zero attached hydrogens (tertiary/aromatic N) is 2. The third-order valence-electron chi connectivity index (χ3n) is 6.01. The molecule has 0 radical (unpaired) electrons. The Balaban J connectivity index is 1.66. The van der Waals surface area contributed by atoms with E-state index in [9.17, 15) is 4.79 Å². The van der Waals surface area contributed by atoms with E-state index in [4.69, 9.17) is 15.2 Å². The number of likely N-dealkylation sites (N-methyl/N-ethyl adjacent to an activating group) is 1. The van der Waals surface area contributed by atoms with E-state index in [0.29, 0.717) is 18.3 Å². The van der Waals surface area contributed by atoms with E-state index in [1.165, 1.54) is 6.42 Å². The number of benzene rings is 2. The van der Waals surface area contributed by atoms with Crippen molar-refractivity contribution in [3.63, 3.8) is 0 Å². The van der Waals surface area contributed by atoms with Gasteiger partial charge in [-0.2, -0.15) is 0 Å². The summed E-state index contributed by atoms with van der Waals surface area (Å²) in [6.45, 7) is 5.14. The number of nitrogens with two attached hydrogens (primary N) is 1. The van der Waals surface area contributed by atoms with Crippen LogP contribution in [0.5, 0.6) is 5.75 Å². The predicted molar refractivity (Wildman–Crippen MR) is 134 cm³/mol. The first-order valence-electron chi connectivity index (χ1n) is 11.6. The van der Waals surface area contributed by atoms with E-state index >= 15 is 0 Å². The number of rotatable bonds is 8. The molecule has 1 aromatic heterocycles. The van der Waals surface area contributed by atoms with Crippen molar-refractivity contribution in [2.24, 2.45) is 0 Å². The first-order valence-corrected chi connectivity index (χ1v) is 11.6. The number of nitrogen functional groups attached to an aromatic ring is 1. The van der Waals surface area contributed by atoms with Crippen LogP contribution in [0.4, 0.5) is 16.2 Å². The minimum atomic E-state index is -0.456. The van der Waals surface area contributed by atoms with Gasteiger partial charge in [-0.05, 0) is 71.5 Å². The minimum Gasteiger partial charge on any atom is -0.492 e. The summed E-state index contributed by atoms with van der Waals surface area (Å²) >= 11 is 0. The van der Waals surface area contributed by atoms with Gasteiger partial charge in [0.1, 0.15) is 12.4 Å². The second kappa shape index (κ2) is 9.75. The summed E-state index contributed by atoms with van der Waals surface area (Å²) in [6, 6.07) is 14.4. The van der Waals surface area contributed by atoms with Crippen LogP contribution in [-0.4, -0.2) is 48.9 Å². The molecule has 0 aliphatic heterocycles. The lowest BCUT2D eigenvalue weighted by Crippen LogP contribution is -2.19. The van der Waals surface area contributed by atoms with Crippen LogP contribution in [0, 0.1) is 0 Å². The van der Waals surface area contributed by atoms with Crippen LogP contribution in [0.2, 0.25) is 0 Å². The highest BCUT2D eigenvalue weighted by molar-refractivity contribution is 6.01. The van der Waals surface area contributed by atoms with Crippen molar-refractivity contribution in [2.45, 2.75) is 45.3 Å². The number of aromatic nitrogens is 1. The molecule has 176 valence electrons. The Morgan fingerprint density at radius 2 is 1.91 bits per heavy atom. The van der Waals surface area contributed by atoms with Crippen molar-refractivity contribution in [3.8, 4) is 17.0 Å². The molecule has 0 unspecified atom stereocenters. The first-order chi connectivity index (χ1) is 15.8. The fraction of sp³-hybridized carbons (Fsp3) is 0.423. The SMILES string of the molecule is CC(C)OC(=O)Nc1ccc(-c2c(N)c3ccc(OCCN(C)C)cc3n2C2CCC2)cc1. The summed E-state index contributed by atoms with van der Waals surface area (Å²) in [7, 11) is 4.07. The molecular weight excluding hydrogens is 416 g/mol. The zero-order valence-electron chi connectivity index (χ0n) is 19.9. The summed E-state index contributed by atoms with van der Waals surface area (Å²) in [5, 5.41) is 3.81. The molecule has 1 aliphatic carbocycles. The van der Waals surface area contributed by atoms with Crippen LogP contribution in [0.1, 0.15) is 39.2 Å². The molecule has 0 spiro atoms. The van der Waals surface area contributed by atoms with Gasteiger partial charge in [0, 0.05) is 35.3 Å². The lowest BCUT2D eigenvalue weighted by Gasteiger charge is -2.30. The standard InChI is InChI=1S/C26H34N4O3/c1-17(2)33-26(31)28-19-10-8-18(9-11-19)25-24(27)22-13-12-21(32-15-14-29(3)4)16-23(22)30(25)20-6-5-7-20/h8-13,16-17,20H,5-7,14-15,27H2,1-4H3,(H,28,31). The van der Waals surface area contributed by atoms with Gasteiger partial charge in [-0.1, -0.05) is 12.1 Å². The fourth-order valence-electron chi connectivity index (χ4n) is 4.14. The molecule has 3 N–H and O–H groups in total. The van der Waals surface area contributed by atoms with Crippen LogP contribution < -0.4 is 15.8 Å². The smallest absolute Gasteiger partial charge is 0.411 e. The largest absolute Gasteiger partial charge is 0.492 e. The Bertz CT molecular complexity index is 1110. The van der Waals surface area contributed by atoms with Gasteiger partial charge in [-0.25, -0.2) is 4.79 Å². The van der Waals surface area contributed by atoms with E-state index in [-0.39, 0.29) is 6.10 Å². The maximum atomic E-state index is 11.9. The number of hydrogen-bond donors (Lipinski definition) is 2. The van der Waals surface area contributed by atoms with Crippen molar-refractivity contribution >= 4 is 28.4 Å². The van der Waals surface area contributed by atoms with Gasteiger partial charge in [0.05, 0.1) is 23.0 Å². The maximum absolute atomic E-state index is 11.9. The molecule has 1 amide bonds. The maximum Gasteiger partial charge on any atom is 0.411 e. The van der Waals surface area contributed by atoms with Gasteiger partial charge in [-0.15, -0.1) is 0 Å². The third-order valence-corrected chi connectivity index (χ3v) is 6.01. The van der Waals surface area contributed by atoms with Crippen molar-refractivity contribution in [1.29, 1.82) is 0 Å². The topological polar surface area (TPSA) is 81.8 Å². The molecule has 4 rings (SSSR count). The normalized spacial score (nSPS) is 14.0. The molecule has 0 atom stereocenters. The van der Waals surface area contributed by atoms with Gasteiger partial charge in [-0.3, -0.25) is 5.32 Å². The summed E-state index contributed by atoms with van der Waals surface area (Å²) in [5.74, 6) is 0.859. The molecule has 2 aromatic carbocycles. The Kier molecular flexibility index (Phi) is 6.79. The van der Waals surface area contributed by atoms with E-state index in [0.717, 1.165) is 53.0 Å². The summed E-state index contributed by atoms with van der Waals surface area (Å²) in [6.07, 6.45) is 2.89. The molecule has 1 heterocycles. The number of carbonyl (C=O) groups excluding carboxylic acids is 1. The van der Waals surface area contributed by atoms with Gasteiger partial charge in [0.2, 0.25) is 0 Å². The van der Waals surface area contributed by atoms with E-state index in [1.54, 1.807) is 0 Å². The average molecular weight is 451 g/mol. The monoisotopic (exact) mass is 450 g/mol. The van der Waals surface area contributed by atoms with Gasteiger partial charge in [0.15, 0.2) is 0 Å². The first kappa shape index (κ1) is 23.0. The summed E-state index contributed by atoms with van der Waals surface area (Å²) < 4.78 is 13.5. The number of anilines is 2. The Hall–Kier alpha value is -3.19. The molecule has 1 fully saturated rings. The van der Waals surface area contributed by atoms with Gasteiger partial charge < -0.3 is 24.7 Å². The molecule has 0 bridgehead atoms. The molecule has 1 saturated carbocycles. The van der Waals surface area contributed by atoms with Crippen LogP contribution in [0.15, 0.2) is 42.5 Å². The number of amides is 1. The third kappa shape index (κ3) is 5.09. The van der Waals surface area contributed by atoms with E-state index in [1.807, 2.05) is 58.3 Å². The average Bonchev–Trinajstić information content (AvgIpc) is 2.98. The minimum absolute atomic E-state index is 0.168. The van der Waals surface area contributed by atoms with E-state index < -0.39 is 6.09 Å². The van der Waals surface area contributed by atoms with Gasteiger partial charge in [0.25, 0.3) is 0 Å². The van der Waals surface area contributed by atoms with Crippen molar-refractivity contribution in [3.05, 3.63) is 42.5 Å². The summed E-state index contributed by atoms with van der Waals surface area (Å²) in [4.78, 5) is 14.0. The number of carbonyl (C=O) groups is 1. The zero-order valence-corrected chi connectivity index (χ0v) is 19.9. The number of fused-ring (bicyclic) bond motifs is 1. The summed E-state index contributed by atoms with van der Waals surface area (Å²) in [5.41, 5.74) is 11.3. The fourth-order valence-corrected chi connectivity index (χ4v) is 4.14. The number of hydrogen-bond acceptors (Lipinski definition) is 5. The molecule has 7 heteroatoms. The van der Waals surface area contributed by atoms with Crippen molar-refractivity contribution in [1.82, 2.24) is 9.47 Å². The quantitative estimate of drug-likeness (QED) is 0.473. The van der Waals surface area contributed by atoms with Crippen LogP contribution >= 0.6 is 0 Å². The Morgan fingerprint density at radius 3 is 2.52 bits per heavy atom. The van der Waals surface area contributed by atoms with Crippen molar-refractivity contribution in [2.75, 3.05) is 38.3 Å². The highest BCUT2D eigenvalue weighted by atomic mass is 16.6. The van der Waals surface area contributed by atoms with Crippen molar-refractivity contribution < 1.29 is 14.3 Å². The van der Waals surface area contributed by atoms with Crippen LogP contribution in [0.25, 0.3) is 22.2 Å². The molecule has 7 nitrogen and oxygen atoms in total. The number of nitrogens with one attached hydrogen (secondary N) is 1. The van der Waals surface area contributed by atoms with E-state index in [2.05, 4.69) is 26.9 Å². The Labute approximate surface area is 195 Å². The molecule has 33 heavy (non-hydrogen) atoms. The second-order valence-corrected chi connectivity index (χ2v) is 9.20. The molecular formula is C26H34N4O3. The highest BCUT2D eigenvalue weighted by Gasteiger charge is 2.27. The highest BCUT2D eigenvalue weighted by Crippen LogP contribution is 2.44. The lowest BCUT2D eigenvalue weighted by molar-refractivity contribution is 0.130. The second-order valence-electron chi connectivity index (χ2n) is 9.20. The predicted octanol–water partition coefficient (Wildman–Crippen LogP) is 5.51. The van der Waals surface area contributed by atoms with Crippen LogP contribution in [-0.2, 0) is 4.74 Å². The number of ether oxygens (including phenoxy) is 2. The zero-order chi connectivity index (χ0) is 23.5. The molecule has 3 aromatic rings.